The third-order valence-electron chi connectivity index (χ3n) is 5.32. The van der Waals surface area contributed by atoms with Crippen LogP contribution in [0.1, 0.15) is 36.1 Å². The Morgan fingerprint density at radius 3 is 2.39 bits per heavy atom. The van der Waals surface area contributed by atoms with Crippen LogP contribution in [-0.4, -0.2) is 13.0 Å². The average Bonchev–Trinajstić information content (AvgIpc) is 3.08. The topological polar surface area (TPSA) is 68.2 Å². The van der Waals surface area contributed by atoms with E-state index in [1.165, 1.54) is 0 Å². The van der Waals surface area contributed by atoms with Gasteiger partial charge in [0.2, 0.25) is 10.0 Å². The first-order valence-corrected chi connectivity index (χ1v) is 12.4. The molecule has 1 heterocycles. The first kappa shape index (κ1) is 21.5. The Morgan fingerprint density at radius 2 is 1.71 bits per heavy atom. The molecule has 0 aliphatic carbocycles. The Bertz CT molecular complexity index is 1360. The van der Waals surface area contributed by atoms with E-state index >= 15 is 0 Å². The number of fused-ring (bicyclic) bond motifs is 1. The van der Waals surface area contributed by atoms with Gasteiger partial charge in [0.25, 0.3) is 0 Å². The fourth-order valence-electron chi connectivity index (χ4n) is 3.57. The van der Waals surface area contributed by atoms with Crippen LogP contribution >= 0.6 is 11.3 Å². The summed E-state index contributed by atoms with van der Waals surface area (Å²) in [6.07, 6.45) is 0.630. The van der Waals surface area contributed by atoms with Crippen molar-refractivity contribution in [3.63, 3.8) is 0 Å². The third kappa shape index (κ3) is 4.63. The Kier molecular flexibility index (Phi) is 6.09. The van der Waals surface area contributed by atoms with Crippen molar-refractivity contribution < 1.29 is 8.42 Å². The molecule has 0 amide bonds. The average molecular weight is 453 g/mol. The Hall–Kier alpha value is -2.74. The van der Waals surface area contributed by atoms with Crippen LogP contribution in [0.4, 0.5) is 0 Å². The Balaban J connectivity index is 1.64. The molecule has 1 aromatic heterocycles. The monoisotopic (exact) mass is 452 g/mol. The molecule has 4 rings (SSSR count). The van der Waals surface area contributed by atoms with Gasteiger partial charge in [0.05, 0.1) is 21.7 Å². The molecule has 0 fully saturated rings. The summed E-state index contributed by atoms with van der Waals surface area (Å²) in [7, 11) is -3.74. The fourth-order valence-corrected chi connectivity index (χ4v) is 5.91. The molecular formula is C24H24N2O3S2. The number of sulfonamides is 1. The maximum Gasteiger partial charge on any atom is 0.308 e. The summed E-state index contributed by atoms with van der Waals surface area (Å²) in [5, 5.41) is 0. The first-order chi connectivity index (χ1) is 14.9. The zero-order valence-electron chi connectivity index (χ0n) is 17.4. The zero-order chi connectivity index (χ0) is 22.0. The molecule has 7 heteroatoms. The summed E-state index contributed by atoms with van der Waals surface area (Å²) < 4.78 is 31.3. The Labute approximate surface area is 186 Å². The second-order valence-corrected chi connectivity index (χ2v) is 10.3. The molecule has 0 bridgehead atoms. The van der Waals surface area contributed by atoms with Crippen LogP contribution in [0.5, 0.6) is 0 Å². The van der Waals surface area contributed by atoms with Crippen LogP contribution in [0.15, 0.2) is 82.5 Å². The predicted octanol–water partition coefficient (Wildman–Crippen LogP) is 4.85. The summed E-state index contributed by atoms with van der Waals surface area (Å²) in [6.45, 7) is 4.40. The second kappa shape index (κ2) is 8.78. The van der Waals surface area contributed by atoms with Crippen molar-refractivity contribution in [1.29, 1.82) is 0 Å². The van der Waals surface area contributed by atoms with Crippen LogP contribution in [-0.2, 0) is 16.6 Å². The molecule has 0 saturated heterocycles. The van der Waals surface area contributed by atoms with E-state index in [1.54, 1.807) is 22.8 Å². The maximum absolute atomic E-state index is 13.1. The zero-order valence-corrected chi connectivity index (χ0v) is 19.0. The summed E-state index contributed by atoms with van der Waals surface area (Å²) in [6, 6.07) is 22.2. The minimum atomic E-state index is -3.74. The van der Waals surface area contributed by atoms with Gasteiger partial charge >= 0.3 is 4.87 Å². The summed E-state index contributed by atoms with van der Waals surface area (Å²) in [4.78, 5) is 12.6. The van der Waals surface area contributed by atoms with Gasteiger partial charge < -0.3 is 0 Å². The molecule has 31 heavy (non-hydrogen) atoms. The SMILES string of the molecule is CC[C@@H](NS(=O)(=O)c1ccc2c(c1)sc(=O)n2Cc1ccccc1)c1ccc(C)cc1. The standard InChI is InChI=1S/C24H24N2O3S2/c1-3-21(19-11-9-17(2)10-12-19)25-31(28,29)20-13-14-22-23(15-20)30-24(27)26(22)16-18-7-5-4-6-8-18/h4-15,21,25H,3,16H2,1-2H3/t21-/m1/s1. The summed E-state index contributed by atoms with van der Waals surface area (Å²) >= 11 is 1.07. The number of nitrogens with zero attached hydrogens (tertiary/aromatic N) is 1. The Morgan fingerprint density at radius 1 is 1.00 bits per heavy atom. The van der Waals surface area contributed by atoms with Crippen molar-refractivity contribution in [2.75, 3.05) is 0 Å². The molecule has 1 N–H and O–H groups in total. The van der Waals surface area contributed by atoms with Crippen LogP contribution in [0.3, 0.4) is 0 Å². The minimum Gasteiger partial charge on any atom is -0.294 e. The van der Waals surface area contributed by atoms with Gasteiger partial charge in [-0.3, -0.25) is 9.36 Å². The number of thiazole rings is 1. The third-order valence-corrected chi connectivity index (χ3v) is 7.73. The van der Waals surface area contributed by atoms with Gasteiger partial charge in [-0.15, -0.1) is 0 Å². The van der Waals surface area contributed by atoms with E-state index in [9.17, 15) is 13.2 Å². The molecule has 0 spiro atoms. The lowest BCUT2D eigenvalue weighted by Crippen LogP contribution is -2.28. The van der Waals surface area contributed by atoms with E-state index in [0.717, 1.165) is 33.5 Å². The normalized spacial score (nSPS) is 12.8. The number of hydrogen-bond acceptors (Lipinski definition) is 4. The van der Waals surface area contributed by atoms with Crippen LogP contribution in [0.2, 0.25) is 0 Å². The first-order valence-electron chi connectivity index (χ1n) is 10.1. The molecule has 0 saturated carbocycles. The number of benzene rings is 3. The fraction of sp³-hybridized carbons (Fsp3) is 0.208. The van der Waals surface area contributed by atoms with E-state index < -0.39 is 10.0 Å². The smallest absolute Gasteiger partial charge is 0.294 e. The van der Waals surface area contributed by atoms with Gasteiger partial charge in [0.1, 0.15) is 0 Å². The minimum absolute atomic E-state index is 0.104. The van der Waals surface area contributed by atoms with Crippen molar-refractivity contribution in [2.24, 2.45) is 0 Å². The van der Waals surface area contributed by atoms with Crippen molar-refractivity contribution >= 4 is 31.6 Å². The second-order valence-electron chi connectivity index (χ2n) is 7.56. The van der Waals surface area contributed by atoms with E-state index in [0.29, 0.717) is 17.7 Å². The van der Waals surface area contributed by atoms with Crippen LogP contribution in [0, 0.1) is 6.92 Å². The van der Waals surface area contributed by atoms with Crippen LogP contribution in [0.25, 0.3) is 10.2 Å². The maximum atomic E-state index is 13.1. The van der Waals surface area contributed by atoms with Gasteiger partial charge in [0.15, 0.2) is 0 Å². The number of hydrogen-bond donors (Lipinski definition) is 1. The highest BCUT2D eigenvalue weighted by Gasteiger charge is 2.21. The number of rotatable bonds is 7. The highest BCUT2D eigenvalue weighted by Crippen LogP contribution is 2.25. The van der Waals surface area contributed by atoms with Crippen molar-refractivity contribution in [3.05, 3.63) is 99.2 Å². The van der Waals surface area contributed by atoms with Crippen molar-refractivity contribution in [2.45, 2.75) is 37.8 Å². The molecular weight excluding hydrogens is 428 g/mol. The van der Waals surface area contributed by atoms with Crippen LogP contribution < -0.4 is 9.60 Å². The van der Waals surface area contributed by atoms with Gasteiger partial charge in [0, 0.05) is 6.04 Å². The highest BCUT2D eigenvalue weighted by molar-refractivity contribution is 7.89. The number of nitrogens with one attached hydrogen (secondary N) is 1. The predicted molar refractivity (Wildman–Crippen MR) is 126 cm³/mol. The number of aromatic nitrogens is 1. The molecule has 4 aromatic rings. The summed E-state index contributed by atoms with van der Waals surface area (Å²) in [5.74, 6) is 0. The lowest BCUT2D eigenvalue weighted by molar-refractivity contribution is 0.550. The number of aryl methyl sites for hydroxylation is 1. The molecule has 1 atom stereocenters. The lowest BCUT2D eigenvalue weighted by atomic mass is 10.0. The van der Waals surface area contributed by atoms with E-state index in [2.05, 4.69) is 4.72 Å². The summed E-state index contributed by atoms with van der Waals surface area (Å²) in [5.41, 5.74) is 3.81. The van der Waals surface area contributed by atoms with E-state index in [4.69, 9.17) is 0 Å². The molecule has 0 unspecified atom stereocenters. The molecule has 0 aliphatic heterocycles. The largest absolute Gasteiger partial charge is 0.308 e. The lowest BCUT2D eigenvalue weighted by Gasteiger charge is -2.18. The highest BCUT2D eigenvalue weighted by atomic mass is 32.2. The molecule has 0 radical (unpaired) electrons. The van der Waals surface area contributed by atoms with Gasteiger partial charge in [-0.2, -0.15) is 0 Å². The molecule has 3 aromatic carbocycles. The van der Waals surface area contributed by atoms with E-state index in [-0.39, 0.29) is 15.8 Å². The molecule has 5 nitrogen and oxygen atoms in total. The van der Waals surface area contributed by atoms with Crippen molar-refractivity contribution in [3.8, 4) is 0 Å². The van der Waals surface area contributed by atoms with Gasteiger partial charge in [-0.25, -0.2) is 13.1 Å². The van der Waals surface area contributed by atoms with Gasteiger partial charge in [-0.05, 0) is 42.7 Å². The van der Waals surface area contributed by atoms with E-state index in [1.807, 2.05) is 68.4 Å². The quantitative estimate of drug-likeness (QED) is 0.436. The van der Waals surface area contributed by atoms with Crippen molar-refractivity contribution in [1.82, 2.24) is 9.29 Å². The molecule has 0 aliphatic rings. The molecule has 160 valence electrons. The van der Waals surface area contributed by atoms with Gasteiger partial charge in [-0.1, -0.05) is 78.4 Å².